The molecule has 4 rings (SSSR count). The Morgan fingerprint density at radius 1 is 0.977 bits per heavy atom. The number of nitrogens with zero attached hydrogens (tertiary/aromatic N) is 2. The van der Waals surface area contributed by atoms with Gasteiger partial charge in [-0.1, -0.05) is 67.1 Å². The molecule has 0 radical (unpaired) electrons. The topological polar surface area (TPSA) is 105 Å². The van der Waals surface area contributed by atoms with Crippen LogP contribution in [0.5, 0.6) is 11.5 Å². The van der Waals surface area contributed by atoms with Gasteiger partial charge in [0.15, 0.2) is 11.5 Å². The Kier molecular flexibility index (Phi) is 11.5. The van der Waals surface area contributed by atoms with Gasteiger partial charge in [-0.3, -0.25) is 13.9 Å². The molecule has 236 valence electrons. The lowest BCUT2D eigenvalue weighted by molar-refractivity contribution is -0.141. The number of benzene rings is 3. The van der Waals surface area contributed by atoms with Gasteiger partial charge in [0, 0.05) is 43.1 Å². The van der Waals surface area contributed by atoms with Crippen LogP contribution in [0, 0.1) is 0 Å². The Morgan fingerprint density at radius 3 is 2.34 bits per heavy atom. The molecular weight excluding hydrogens is 602 g/mol. The molecule has 0 fully saturated rings. The van der Waals surface area contributed by atoms with E-state index in [1.54, 1.807) is 29.2 Å². The lowest BCUT2D eigenvalue weighted by Crippen LogP contribution is -2.52. The molecule has 44 heavy (non-hydrogen) atoms. The minimum atomic E-state index is -3.67. The molecule has 0 saturated carbocycles. The van der Waals surface area contributed by atoms with Crippen molar-refractivity contribution in [3.05, 3.63) is 88.9 Å². The third-order valence-corrected chi connectivity index (χ3v) is 9.10. The quantitative estimate of drug-likeness (QED) is 0.259. The first-order valence-electron chi connectivity index (χ1n) is 14.8. The Labute approximate surface area is 265 Å². The number of hydrogen-bond acceptors (Lipinski definition) is 6. The molecule has 0 spiro atoms. The maximum absolute atomic E-state index is 14.0. The van der Waals surface area contributed by atoms with Crippen molar-refractivity contribution in [2.75, 3.05) is 30.3 Å². The summed E-state index contributed by atoms with van der Waals surface area (Å²) >= 11 is 6.51. The van der Waals surface area contributed by atoms with E-state index in [1.807, 2.05) is 62.4 Å². The molecule has 1 aliphatic rings. The third-order valence-electron chi connectivity index (χ3n) is 7.54. The lowest BCUT2D eigenvalue weighted by atomic mass is 10.0. The van der Waals surface area contributed by atoms with E-state index in [2.05, 4.69) is 5.32 Å². The summed E-state index contributed by atoms with van der Waals surface area (Å²) in [5, 5.41) is 3.54. The van der Waals surface area contributed by atoms with E-state index >= 15 is 0 Å². The molecule has 1 heterocycles. The molecule has 3 aromatic carbocycles. The number of rotatable bonds is 14. The van der Waals surface area contributed by atoms with Crippen molar-refractivity contribution in [3.63, 3.8) is 0 Å². The van der Waals surface area contributed by atoms with Crippen LogP contribution in [0.25, 0.3) is 0 Å². The van der Waals surface area contributed by atoms with Gasteiger partial charge >= 0.3 is 0 Å². The molecule has 3 aromatic rings. The maximum atomic E-state index is 14.0. The fourth-order valence-corrected chi connectivity index (χ4v) is 6.15. The number of carbonyl (C=O) groups is 2. The van der Waals surface area contributed by atoms with Gasteiger partial charge < -0.3 is 19.7 Å². The Balaban J connectivity index is 1.59. The van der Waals surface area contributed by atoms with Gasteiger partial charge in [0.25, 0.3) is 0 Å². The fourth-order valence-electron chi connectivity index (χ4n) is 5.00. The van der Waals surface area contributed by atoms with Crippen LogP contribution >= 0.6 is 11.6 Å². The van der Waals surface area contributed by atoms with Gasteiger partial charge in [0.2, 0.25) is 21.8 Å². The van der Waals surface area contributed by atoms with Crippen LogP contribution in [0.3, 0.4) is 0 Å². The standard InChI is InChI=1S/C33H40ClN3O6S/c1-4-24(2)35-33(39)29(21-25-11-6-5-7-12-25)36(23-26-13-8-9-14-28(26)34)32(38)15-10-18-37(44(3,40)41)27-16-17-30-31(22-27)43-20-19-42-30/h5-9,11-14,16-17,22,24,29H,4,10,15,18-21,23H2,1-3H3,(H,35,39)/t24-,29-/m0/s1. The molecule has 2 amide bonds. The number of ether oxygens (including phenoxy) is 2. The van der Waals surface area contributed by atoms with E-state index in [0.29, 0.717) is 47.4 Å². The van der Waals surface area contributed by atoms with Crippen molar-refractivity contribution in [2.24, 2.45) is 0 Å². The number of hydrogen-bond donors (Lipinski definition) is 1. The first-order chi connectivity index (χ1) is 21.1. The lowest BCUT2D eigenvalue weighted by Gasteiger charge is -2.33. The van der Waals surface area contributed by atoms with Crippen LogP contribution < -0.4 is 19.1 Å². The molecule has 1 aliphatic heterocycles. The van der Waals surface area contributed by atoms with Crippen molar-refractivity contribution in [1.29, 1.82) is 0 Å². The molecule has 9 nitrogen and oxygen atoms in total. The van der Waals surface area contributed by atoms with Crippen LogP contribution in [0.15, 0.2) is 72.8 Å². The Hall–Kier alpha value is -3.76. The van der Waals surface area contributed by atoms with E-state index in [-0.39, 0.29) is 43.8 Å². The molecule has 11 heteroatoms. The third kappa shape index (κ3) is 8.89. The van der Waals surface area contributed by atoms with E-state index in [4.69, 9.17) is 21.1 Å². The monoisotopic (exact) mass is 641 g/mol. The summed E-state index contributed by atoms with van der Waals surface area (Å²) in [5.74, 6) is 0.498. The second-order valence-electron chi connectivity index (χ2n) is 10.9. The van der Waals surface area contributed by atoms with E-state index in [9.17, 15) is 18.0 Å². The summed E-state index contributed by atoms with van der Waals surface area (Å²) < 4.78 is 38.1. The summed E-state index contributed by atoms with van der Waals surface area (Å²) in [4.78, 5) is 29.3. The second-order valence-corrected chi connectivity index (χ2v) is 13.2. The second kappa shape index (κ2) is 15.3. The molecule has 0 aliphatic carbocycles. The van der Waals surface area contributed by atoms with E-state index < -0.39 is 16.1 Å². The molecule has 0 unspecified atom stereocenters. The molecule has 0 saturated heterocycles. The van der Waals surface area contributed by atoms with Crippen molar-refractivity contribution in [2.45, 2.75) is 58.2 Å². The highest BCUT2D eigenvalue weighted by molar-refractivity contribution is 7.92. The number of sulfonamides is 1. The Bertz CT molecular complexity index is 1540. The molecule has 1 N–H and O–H groups in total. The highest BCUT2D eigenvalue weighted by Crippen LogP contribution is 2.35. The summed E-state index contributed by atoms with van der Waals surface area (Å²) in [6, 6.07) is 20.9. The van der Waals surface area contributed by atoms with Crippen molar-refractivity contribution < 1.29 is 27.5 Å². The number of fused-ring (bicyclic) bond motifs is 1. The average molecular weight is 642 g/mol. The minimum Gasteiger partial charge on any atom is -0.486 e. The smallest absolute Gasteiger partial charge is 0.243 e. The maximum Gasteiger partial charge on any atom is 0.243 e. The summed E-state index contributed by atoms with van der Waals surface area (Å²) in [5.41, 5.74) is 2.05. The number of halogens is 1. The Morgan fingerprint density at radius 2 is 1.66 bits per heavy atom. The van der Waals surface area contributed by atoms with Gasteiger partial charge in [-0.05, 0) is 49.1 Å². The van der Waals surface area contributed by atoms with Gasteiger partial charge in [0.05, 0.1) is 11.9 Å². The minimum absolute atomic E-state index is 0.0168. The first-order valence-corrected chi connectivity index (χ1v) is 17.0. The summed E-state index contributed by atoms with van der Waals surface area (Å²) in [6.45, 7) is 4.90. The number of anilines is 1. The van der Waals surface area contributed by atoms with Crippen LogP contribution in [0.4, 0.5) is 5.69 Å². The van der Waals surface area contributed by atoms with Crippen molar-refractivity contribution in [3.8, 4) is 11.5 Å². The predicted molar refractivity (Wildman–Crippen MR) is 173 cm³/mol. The van der Waals surface area contributed by atoms with Gasteiger partial charge in [-0.25, -0.2) is 8.42 Å². The SMILES string of the molecule is CC[C@H](C)NC(=O)[C@H](Cc1ccccc1)N(Cc1ccccc1Cl)C(=O)CCCN(c1ccc2c(c1)OCCO2)S(C)(=O)=O. The number of amides is 2. The van der Waals surface area contributed by atoms with Crippen molar-refractivity contribution >= 4 is 39.1 Å². The van der Waals surface area contributed by atoms with Crippen LogP contribution in [-0.4, -0.2) is 63.2 Å². The zero-order chi connectivity index (χ0) is 31.7. The highest BCUT2D eigenvalue weighted by atomic mass is 35.5. The highest BCUT2D eigenvalue weighted by Gasteiger charge is 2.31. The normalized spacial score (nSPS) is 13.9. The van der Waals surface area contributed by atoms with Crippen LogP contribution in [0.1, 0.15) is 44.2 Å². The van der Waals surface area contributed by atoms with Gasteiger partial charge in [-0.15, -0.1) is 0 Å². The summed E-state index contributed by atoms with van der Waals surface area (Å²) in [7, 11) is -3.67. The average Bonchev–Trinajstić information content (AvgIpc) is 3.01. The molecule has 2 atom stereocenters. The van der Waals surface area contributed by atoms with Crippen LogP contribution in [-0.2, 0) is 32.6 Å². The molecule has 0 aromatic heterocycles. The molecule has 0 bridgehead atoms. The van der Waals surface area contributed by atoms with Gasteiger partial charge in [0.1, 0.15) is 19.3 Å². The zero-order valence-electron chi connectivity index (χ0n) is 25.4. The van der Waals surface area contributed by atoms with E-state index in [0.717, 1.165) is 18.2 Å². The number of nitrogens with one attached hydrogen (secondary N) is 1. The first kappa shape index (κ1) is 33.1. The zero-order valence-corrected chi connectivity index (χ0v) is 26.9. The molecular formula is C33H40ClN3O6S. The predicted octanol–water partition coefficient (Wildman–Crippen LogP) is 5.21. The number of carbonyl (C=O) groups excluding carboxylic acids is 2. The van der Waals surface area contributed by atoms with Crippen LogP contribution in [0.2, 0.25) is 5.02 Å². The van der Waals surface area contributed by atoms with E-state index in [1.165, 1.54) is 4.31 Å². The largest absolute Gasteiger partial charge is 0.486 e. The van der Waals surface area contributed by atoms with Crippen molar-refractivity contribution in [1.82, 2.24) is 10.2 Å². The summed E-state index contributed by atoms with van der Waals surface area (Å²) in [6.07, 6.45) is 2.42. The van der Waals surface area contributed by atoms with Gasteiger partial charge in [-0.2, -0.15) is 0 Å². The fraction of sp³-hybridized carbons (Fsp3) is 0.394.